The Bertz CT molecular complexity index is 861. The molecule has 6 atom stereocenters. The third-order valence-corrected chi connectivity index (χ3v) is 10.8. The smallest absolute Gasteiger partial charge is 0.233 e. The number of anilines is 1. The molecule has 4 rings (SSSR count). The summed E-state index contributed by atoms with van der Waals surface area (Å²) in [6.07, 6.45) is 4.55. The van der Waals surface area contributed by atoms with Crippen LogP contribution in [0.4, 0.5) is 5.69 Å². The number of fused-ring (bicyclic) bond motifs is 5. The van der Waals surface area contributed by atoms with Gasteiger partial charge in [-0.25, -0.2) is 0 Å². The van der Waals surface area contributed by atoms with E-state index in [0.29, 0.717) is 13.0 Å². The van der Waals surface area contributed by atoms with Gasteiger partial charge >= 0.3 is 0 Å². The van der Waals surface area contributed by atoms with Gasteiger partial charge < -0.3 is 5.32 Å². The van der Waals surface area contributed by atoms with E-state index in [-0.39, 0.29) is 51.0 Å². The van der Waals surface area contributed by atoms with Gasteiger partial charge in [0.15, 0.2) is 0 Å². The number of unbranched alkanes of at least 4 members (excludes halogenated alkanes) is 2. The van der Waals surface area contributed by atoms with E-state index >= 15 is 0 Å². The molecule has 2 saturated carbocycles. The van der Waals surface area contributed by atoms with Crippen LogP contribution >= 0.6 is 47.8 Å². The van der Waals surface area contributed by atoms with Gasteiger partial charge in [-0.3, -0.25) is 19.3 Å². The standard InChI is InChI=1S/C23H27Br3N2O3/c1-2-12-10-13(24)7-8-16(12)27-17(29)6-4-3-5-9-28-22(30)18-14-11-15(19(18)23(28)31)21(26)20(14)25/h7-8,10,14-15,18-21H,2-6,9,11H2,1H3,(H,27,29)/t14-,15-,18-,19+,20-,21-/m1/s1. The number of rotatable bonds is 8. The van der Waals surface area contributed by atoms with E-state index in [1.807, 2.05) is 18.2 Å². The highest BCUT2D eigenvalue weighted by Gasteiger charge is 2.66. The maximum absolute atomic E-state index is 12.9. The number of imide groups is 1. The van der Waals surface area contributed by atoms with Crippen LogP contribution in [0.2, 0.25) is 0 Å². The van der Waals surface area contributed by atoms with Crippen LogP contribution < -0.4 is 5.32 Å². The number of nitrogens with one attached hydrogen (secondary N) is 1. The number of likely N-dealkylation sites (tertiary alicyclic amines) is 1. The molecule has 1 saturated heterocycles. The lowest BCUT2D eigenvalue weighted by atomic mass is 9.81. The Kier molecular flexibility index (Phi) is 7.28. The first-order chi connectivity index (χ1) is 14.8. The number of hydrogen-bond donors (Lipinski definition) is 1. The molecule has 3 fully saturated rings. The van der Waals surface area contributed by atoms with Gasteiger partial charge in [0.05, 0.1) is 11.8 Å². The van der Waals surface area contributed by atoms with Crippen molar-refractivity contribution in [2.45, 2.75) is 55.1 Å². The molecule has 1 aromatic carbocycles. The molecule has 2 aliphatic carbocycles. The maximum Gasteiger partial charge on any atom is 0.233 e. The zero-order valence-electron chi connectivity index (χ0n) is 17.5. The molecule has 0 spiro atoms. The van der Waals surface area contributed by atoms with Crippen molar-refractivity contribution in [3.63, 3.8) is 0 Å². The zero-order chi connectivity index (χ0) is 22.3. The van der Waals surface area contributed by atoms with Crippen molar-refractivity contribution < 1.29 is 14.4 Å². The molecule has 8 heteroatoms. The van der Waals surface area contributed by atoms with Gasteiger partial charge in [0.25, 0.3) is 0 Å². The molecule has 3 amide bonds. The van der Waals surface area contributed by atoms with Crippen LogP contribution in [0.3, 0.4) is 0 Å². The number of carbonyl (C=O) groups excluding carboxylic acids is 3. The van der Waals surface area contributed by atoms with Gasteiger partial charge in [0.1, 0.15) is 0 Å². The van der Waals surface area contributed by atoms with Crippen LogP contribution in [-0.2, 0) is 20.8 Å². The quantitative estimate of drug-likeness (QED) is 0.245. The molecule has 0 aromatic heterocycles. The van der Waals surface area contributed by atoms with Gasteiger partial charge in [-0.05, 0) is 61.3 Å². The first-order valence-corrected chi connectivity index (χ1v) is 13.7. The van der Waals surface area contributed by atoms with Crippen LogP contribution in [0.5, 0.6) is 0 Å². The summed E-state index contributed by atoms with van der Waals surface area (Å²) in [7, 11) is 0. The highest BCUT2D eigenvalue weighted by Crippen LogP contribution is 2.60. The molecule has 1 aliphatic heterocycles. The fourth-order valence-corrected chi connectivity index (χ4v) is 7.83. The monoisotopic (exact) mass is 616 g/mol. The molecular weight excluding hydrogens is 592 g/mol. The van der Waals surface area contributed by atoms with Gasteiger partial charge in [-0.1, -0.05) is 61.1 Å². The fourth-order valence-electron chi connectivity index (χ4n) is 5.55. The van der Waals surface area contributed by atoms with E-state index in [0.717, 1.165) is 47.8 Å². The van der Waals surface area contributed by atoms with Crippen molar-refractivity contribution in [3.8, 4) is 0 Å². The zero-order valence-corrected chi connectivity index (χ0v) is 22.2. The predicted molar refractivity (Wildman–Crippen MR) is 131 cm³/mol. The maximum atomic E-state index is 12.9. The fraction of sp³-hybridized carbons (Fsp3) is 0.609. The highest BCUT2D eigenvalue weighted by atomic mass is 79.9. The van der Waals surface area contributed by atoms with Crippen molar-refractivity contribution in [2.24, 2.45) is 23.7 Å². The molecule has 3 aliphatic rings. The van der Waals surface area contributed by atoms with Crippen LogP contribution in [0, 0.1) is 23.7 Å². The molecule has 31 heavy (non-hydrogen) atoms. The molecule has 1 aromatic rings. The summed E-state index contributed by atoms with van der Waals surface area (Å²) < 4.78 is 1.00. The Labute approximate surface area is 208 Å². The van der Waals surface area contributed by atoms with Gasteiger partial charge in [0, 0.05) is 32.8 Å². The molecule has 0 unspecified atom stereocenters. The molecule has 1 N–H and O–H groups in total. The summed E-state index contributed by atoms with van der Waals surface area (Å²) in [6.45, 7) is 2.53. The Morgan fingerprint density at radius 1 is 1.06 bits per heavy atom. The molecule has 5 nitrogen and oxygen atoms in total. The summed E-state index contributed by atoms with van der Waals surface area (Å²) >= 11 is 10.9. The van der Waals surface area contributed by atoms with Crippen molar-refractivity contribution in [1.29, 1.82) is 0 Å². The van der Waals surface area contributed by atoms with E-state index in [1.54, 1.807) is 0 Å². The SMILES string of the molecule is CCc1cc(Br)ccc1NC(=O)CCCCCN1C(=O)[C@@H]2[C@H]3C[C@@H]([C@@H](Br)[C@@H]3Br)[C@@H]2C1=O. The lowest BCUT2D eigenvalue weighted by Gasteiger charge is -2.28. The predicted octanol–water partition coefficient (Wildman–Crippen LogP) is 5.29. The summed E-state index contributed by atoms with van der Waals surface area (Å²) in [5.74, 6) is 0.286. The number of amides is 3. The van der Waals surface area contributed by atoms with Crippen LogP contribution in [0.15, 0.2) is 22.7 Å². The van der Waals surface area contributed by atoms with Gasteiger partial charge in [-0.2, -0.15) is 0 Å². The average molecular weight is 619 g/mol. The number of carbonyl (C=O) groups is 3. The van der Waals surface area contributed by atoms with E-state index in [1.165, 1.54) is 4.90 Å². The largest absolute Gasteiger partial charge is 0.326 e. The van der Waals surface area contributed by atoms with E-state index in [2.05, 4.69) is 60.0 Å². The third-order valence-electron chi connectivity index (χ3n) is 7.09. The van der Waals surface area contributed by atoms with Gasteiger partial charge in [-0.15, -0.1) is 0 Å². The first-order valence-electron chi connectivity index (χ1n) is 11.0. The highest BCUT2D eigenvalue weighted by molar-refractivity contribution is 9.12. The summed E-state index contributed by atoms with van der Waals surface area (Å²) in [5, 5.41) is 3.00. The Balaban J connectivity index is 1.22. The molecule has 2 bridgehead atoms. The average Bonchev–Trinajstić information content (AvgIpc) is 3.35. The number of hydrogen-bond acceptors (Lipinski definition) is 3. The van der Waals surface area contributed by atoms with Crippen LogP contribution in [0.1, 0.15) is 44.6 Å². The molecule has 1 heterocycles. The van der Waals surface area contributed by atoms with E-state index in [4.69, 9.17) is 0 Å². The number of alkyl halides is 2. The van der Waals surface area contributed by atoms with Gasteiger partial charge in [0.2, 0.25) is 17.7 Å². The Morgan fingerprint density at radius 3 is 2.32 bits per heavy atom. The third kappa shape index (κ3) is 4.41. The second kappa shape index (κ2) is 9.64. The minimum Gasteiger partial charge on any atom is -0.326 e. The Morgan fingerprint density at radius 2 is 1.71 bits per heavy atom. The summed E-state index contributed by atoms with van der Waals surface area (Å²) in [4.78, 5) is 40.1. The second-order valence-corrected chi connectivity index (χ2v) is 11.9. The lowest BCUT2D eigenvalue weighted by Crippen LogP contribution is -2.37. The molecule has 0 radical (unpaired) electrons. The summed E-state index contributed by atoms with van der Waals surface area (Å²) in [5.41, 5.74) is 1.96. The van der Waals surface area contributed by atoms with Crippen molar-refractivity contribution in [1.82, 2.24) is 4.90 Å². The summed E-state index contributed by atoms with van der Waals surface area (Å²) in [6, 6.07) is 5.87. The van der Waals surface area contributed by atoms with Crippen LogP contribution in [0.25, 0.3) is 0 Å². The number of halogens is 3. The topological polar surface area (TPSA) is 66.5 Å². The lowest BCUT2D eigenvalue weighted by molar-refractivity contribution is -0.140. The van der Waals surface area contributed by atoms with Crippen LogP contribution in [-0.4, -0.2) is 38.8 Å². The van der Waals surface area contributed by atoms with Crippen molar-refractivity contribution in [2.75, 3.05) is 11.9 Å². The van der Waals surface area contributed by atoms with Crippen molar-refractivity contribution in [3.05, 3.63) is 28.2 Å². The number of aryl methyl sites for hydroxylation is 1. The normalized spacial score (nSPS) is 31.4. The van der Waals surface area contributed by atoms with E-state index in [9.17, 15) is 14.4 Å². The Hall–Kier alpha value is -0.730. The second-order valence-electron chi connectivity index (χ2n) is 8.85. The first kappa shape index (κ1) is 23.4. The molecule has 168 valence electrons. The minimum atomic E-state index is -0.139. The number of benzene rings is 1. The molecular formula is C23H27Br3N2O3. The minimum absolute atomic E-state index is 0.00294. The van der Waals surface area contributed by atoms with Crippen molar-refractivity contribution >= 4 is 71.2 Å². The number of nitrogens with zero attached hydrogens (tertiary/aromatic N) is 1. The van der Waals surface area contributed by atoms with E-state index < -0.39 is 0 Å².